The van der Waals surface area contributed by atoms with Crippen LogP contribution in [0.3, 0.4) is 0 Å². The van der Waals surface area contributed by atoms with Crippen molar-refractivity contribution >= 4 is 11.7 Å². The molecule has 2 N–H and O–H groups in total. The first-order valence-electron chi connectivity index (χ1n) is 10.5. The highest BCUT2D eigenvalue weighted by molar-refractivity contribution is 5.74. The van der Waals surface area contributed by atoms with Gasteiger partial charge in [-0.1, -0.05) is 30.3 Å². The SMILES string of the molecule is O=C(NCc1ccccc1N1CCCCC1)N1CCOC(c2cccc(O)c2)C1. The van der Waals surface area contributed by atoms with E-state index >= 15 is 0 Å². The van der Waals surface area contributed by atoms with Gasteiger partial charge in [0.25, 0.3) is 0 Å². The predicted octanol–water partition coefficient (Wildman–Crippen LogP) is 3.67. The zero-order valence-corrected chi connectivity index (χ0v) is 16.7. The molecule has 0 bridgehead atoms. The van der Waals surface area contributed by atoms with Crippen molar-refractivity contribution in [2.75, 3.05) is 37.7 Å². The quantitative estimate of drug-likeness (QED) is 0.829. The number of carbonyl (C=O) groups excluding carboxylic acids is 1. The maximum atomic E-state index is 12.8. The van der Waals surface area contributed by atoms with Gasteiger partial charge in [-0.3, -0.25) is 0 Å². The van der Waals surface area contributed by atoms with Gasteiger partial charge in [0, 0.05) is 31.9 Å². The maximum Gasteiger partial charge on any atom is 0.317 e. The molecule has 0 saturated carbocycles. The van der Waals surface area contributed by atoms with Crippen molar-refractivity contribution in [1.82, 2.24) is 10.2 Å². The summed E-state index contributed by atoms with van der Waals surface area (Å²) in [5, 5.41) is 12.8. The Morgan fingerprint density at radius 2 is 1.90 bits per heavy atom. The van der Waals surface area contributed by atoms with Crippen molar-refractivity contribution in [3.63, 3.8) is 0 Å². The van der Waals surface area contributed by atoms with Crippen molar-refractivity contribution in [3.8, 4) is 5.75 Å². The smallest absolute Gasteiger partial charge is 0.317 e. The van der Waals surface area contributed by atoms with Crippen molar-refractivity contribution in [2.45, 2.75) is 31.9 Å². The second kappa shape index (κ2) is 9.18. The molecule has 2 saturated heterocycles. The van der Waals surface area contributed by atoms with Crippen LogP contribution in [0, 0.1) is 0 Å². The number of hydrogen-bond donors (Lipinski definition) is 2. The molecule has 6 nitrogen and oxygen atoms in total. The average Bonchev–Trinajstić information content (AvgIpc) is 2.78. The Labute approximate surface area is 172 Å². The van der Waals surface area contributed by atoms with E-state index in [1.165, 1.54) is 24.9 Å². The number of urea groups is 1. The van der Waals surface area contributed by atoms with Crippen molar-refractivity contribution in [3.05, 3.63) is 59.7 Å². The van der Waals surface area contributed by atoms with Crippen LogP contribution in [0.4, 0.5) is 10.5 Å². The number of piperidine rings is 1. The minimum Gasteiger partial charge on any atom is -0.508 e. The van der Waals surface area contributed by atoms with E-state index in [0.717, 1.165) is 24.2 Å². The molecule has 0 aliphatic carbocycles. The van der Waals surface area contributed by atoms with E-state index in [1.807, 2.05) is 12.1 Å². The summed E-state index contributed by atoms with van der Waals surface area (Å²) in [4.78, 5) is 17.0. The van der Waals surface area contributed by atoms with E-state index < -0.39 is 0 Å². The standard InChI is InChI=1S/C23H29N3O3/c27-20-9-6-8-18(15-20)22-17-26(13-14-29-22)23(28)24-16-19-7-2-3-10-21(19)25-11-4-1-5-12-25/h2-3,6-10,15,22,27H,1,4-5,11-14,16-17H2,(H,24,28). The van der Waals surface area contributed by atoms with Gasteiger partial charge in [-0.05, 0) is 48.6 Å². The summed E-state index contributed by atoms with van der Waals surface area (Å²) in [6, 6.07) is 15.3. The third-order valence-electron chi connectivity index (χ3n) is 5.71. The molecule has 2 heterocycles. The van der Waals surface area contributed by atoms with E-state index in [0.29, 0.717) is 26.2 Å². The molecule has 2 amide bonds. The number of morpholine rings is 1. The number of rotatable bonds is 4. The first kappa shape index (κ1) is 19.6. The topological polar surface area (TPSA) is 65.0 Å². The maximum absolute atomic E-state index is 12.8. The number of carbonyl (C=O) groups is 1. The number of hydrogen-bond acceptors (Lipinski definition) is 4. The number of para-hydroxylation sites is 1. The molecule has 29 heavy (non-hydrogen) atoms. The van der Waals surface area contributed by atoms with E-state index in [-0.39, 0.29) is 17.9 Å². The van der Waals surface area contributed by atoms with Gasteiger partial charge in [-0.2, -0.15) is 0 Å². The Balaban J connectivity index is 1.37. The van der Waals surface area contributed by atoms with Gasteiger partial charge < -0.3 is 25.0 Å². The first-order valence-corrected chi connectivity index (χ1v) is 10.5. The normalized spacial score (nSPS) is 19.8. The minimum absolute atomic E-state index is 0.0769. The summed E-state index contributed by atoms with van der Waals surface area (Å²) in [5.41, 5.74) is 3.27. The van der Waals surface area contributed by atoms with Crippen LogP contribution >= 0.6 is 0 Å². The van der Waals surface area contributed by atoms with Crippen LogP contribution in [-0.2, 0) is 11.3 Å². The van der Waals surface area contributed by atoms with Crippen LogP contribution in [0.1, 0.15) is 36.5 Å². The van der Waals surface area contributed by atoms with E-state index in [4.69, 9.17) is 4.74 Å². The molecular formula is C23H29N3O3. The summed E-state index contributed by atoms with van der Waals surface area (Å²) >= 11 is 0. The summed E-state index contributed by atoms with van der Waals surface area (Å²) in [7, 11) is 0. The number of benzene rings is 2. The van der Waals surface area contributed by atoms with Crippen molar-refractivity contribution in [1.29, 1.82) is 0 Å². The molecule has 154 valence electrons. The third-order valence-corrected chi connectivity index (χ3v) is 5.71. The Bertz CT molecular complexity index is 836. The summed E-state index contributed by atoms with van der Waals surface area (Å²) in [6.07, 6.45) is 3.53. The molecule has 1 unspecified atom stereocenters. The first-order chi connectivity index (χ1) is 14.2. The summed E-state index contributed by atoms with van der Waals surface area (Å²) in [5.74, 6) is 0.210. The lowest BCUT2D eigenvalue weighted by Gasteiger charge is -2.34. The molecule has 4 rings (SSSR count). The van der Waals surface area contributed by atoms with E-state index in [9.17, 15) is 9.90 Å². The molecule has 2 aliphatic heterocycles. The van der Waals surface area contributed by atoms with Crippen LogP contribution in [0.15, 0.2) is 48.5 Å². The lowest BCUT2D eigenvalue weighted by Crippen LogP contribution is -2.47. The van der Waals surface area contributed by atoms with Gasteiger partial charge in [-0.25, -0.2) is 4.79 Å². The number of phenols is 1. The van der Waals surface area contributed by atoms with Gasteiger partial charge in [0.1, 0.15) is 11.9 Å². The molecular weight excluding hydrogens is 366 g/mol. The highest BCUT2D eigenvalue weighted by Crippen LogP contribution is 2.26. The highest BCUT2D eigenvalue weighted by atomic mass is 16.5. The molecule has 0 radical (unpaired) electrons. The number of aromatic hydroxyl groups is 1. The Hall–Kier alpha value is -2.73. The van der Waals surface area contributed by atoms with Crippen molar-refractivity contribution < 1.29 is 14.6 Å². The summed E-state index contributed by atoms with van der Waals surface area (Å²) < 4.78 is 5.82. The number of anilines is 1. The average molecular weight is 396 g/mol. The molecule has 2 aliphatic rings. The molecule has 0 aromatic heterocycles. The molecule has 2 fully saturated rings. The zero-order chi connectivity index (χ0) is 20.1. The fraction of sp³-hybridized carbons (Fsp3) is 0.435. The van der Waals surface area contributed by atoms with E-state index in [1.54, 1.807) is 23.1 Å². The van der Waals surface area contributed by atoms with Gasteiger partial charge >= 0.3 is 6.03 Å². The van der Waals surface area contributed by atoms with Crippen LogP contribution in [-0.4, -0.2) is 48.8 Å². The van der Waals surface area contributed by atoms with E-state index in [2.05, 4.69) is 28.4 Å². The van der Waals surface area contributed by atoms with Gasteiger partial charge in [-0.15, -0.1) is 0 Å². The van der Waals surface area contributed by atoms with Gasteiger partial charge in [0.05, 0.1) is 13.2 Å². The molecule has 2 aromatic rings. The second-order valence-corrected chi connectivity index (χ2v) is 7.74. The minimum atomic E-state index is -0.220. The van der Waals surface area contributed by atoms with Crippen LogP contribution in [0.5, 0.6) is 5.75 Å². The number of phenolic OH excluding ortho intramolecular Hbond substituents is 1. The Morgan fingerprint density at radius 3 is 2.72 bits per heavy atom. The number of nitrogens with zero attached hydrogens (tertiary/aromatic N) is 2. The monoisotopic (exact) mass is 395 g/mol. The molecule has 2 aromatic carbocycles. The number of nitrogens with one attached hydrogen (secondary N) is 1. The van der Waals surface area contributed by atoms with Crippen LogP contribution < -0.4 is 10.2 Å². The summed E-state index contributed by atoms with van der Waals surface area (Å²) in [6.45, 7) is 4.20. The lowest BCUT2D eigenvalue weighted by molar-refractivity contribution is -0.0155. The fourth-order valence-corrected chi connectivity index (χ4v) is 4.15. The number of ether oxygens (including phenoxy) is 1. The van der Waals surface area contributed by atoms with Crippen LogP contribution in [0.2, 0.25) is 0 Å². The zero-order valence-electron chi connectivity index (χ0n) is 16.7. The van der Waals surface area contributed by atoms with Crippen molar-refractivity contribution in [2.24, 2.45) is 0 Å². The fourth-order valence-electron chi connectivity index (χ4n) is 4.15. The van der Waals surface area contributed by atoms with Gasteiger partial charge in [0.2, 0.25) is 0 Å². The third kappa shape index (κ3) is 4.82. The molecule has 0 spiro atoms. The highest BCUT2D eigenvalue weighted by Gasteiger charge is 2.25. The largest absolute Gasteiger partial charge is 0.508 e. The van der Waals surface area contributed by atoms with Crippen LogP contribution in [0.25, 0.3) is 0 Å². The second-order valence-electron chi connectivity index (χ2n) is 7.74. The molecule has 1 atom stereocenters. The number of amides is 2. The lowest BCUT2D eigenvalue weighted by atomic mass is 10.1. The van der Waals surface area contributed by atoms with Gasteiger partial charge in [0.15, 0.2) is 0 Å². The molecule has 6 heteroatoms. The Morgan fingerprint density at radius 1 is 1.07 bits per heavy atom. The predicted molar refractivity (Wildman–Crippen MR) is 113 cm³/mol. The Kier molecular flexibility index (Phi) is 6.20.